The van der Waals surface area contributed by atoms with Crippen LogP contribution in [-0.2, 0) is 14.3 Å². The number of benzene rings is 2. The van der Waals surface area contributed by atoms with Gasteiger partial charge >= 0.3 is 5.97 Å². The fraction of sp³-hybridized carbons (Fsp3) is 0.364. The first-order valence-corrected chi connectivity index (χ1v) is 9.16. The summed E-state index contributed by atoms with van der Waals surface area (Å²) in [4.78, 5) is 25.0. The van der Waals surface area contributed by atoms with Crippen molar-refractivity contribution in [1.29, 1.82) is 0 Å². The Morgan fingerprint density at radius 1 is 0.962 bits per heavy atom. The first-order chi connectivity index (χ1) is 12.6. The molecule has 2 aliphatic rings. The van der Waals surface area contributed by atoms with E-state index < -0.39 is 0 Å². The van der Waals surface area contributed by atoms with E-state index in [1.807, 2.05) is 55.5 Å². The molecule has 0 saturated heterocycles. The van der Waals surface area contributed by atoms with Crippen molar-refractivity contribution in [3.05, 3.63) is 59.7 Å². The molecule has 0 aromatic heterocycles. The number of ketones is 1. The molecule has 3 unspecified atom stereocenters. The summed E-state index contributed by atoms with van der Waals surface area (Å²) in [6.45, 7) is 4.09. The number of hydrogen-bond donors (Lipinski definition) is 0. The summed E-state index contributed by atoms with van der Waals surface area (Å²) in [5.74, 6) is 0.998. The number of rotatable bonds is 5. The van der Waals surface area contributed by atoms with Gasteiger partial charge < -0.3 is 9.47 Å². The Morgan fingerprint density at radius 3 is 2.12 bits per heavy atom. The third kappa shape index (κ3) is 2.79. The SMILES string of the molecule is CCOC(=O)C1C(C)C1C(=O)CC1c2ccccc2Oc2ccccc21. The highest BCUT2D eigenvalue weighted by Gasteiger charge is 2.56. The summed E-state index contributed by atoms with van der Waals surface area (Å²) in [7, 11) is 0. The van der Waals surface area contributed by atoms with Gasteiger partial charge in [0.25, 0.3) is 0 Å². The summed E-state index contributed by atoms with van der Waals surface area (Å²) in [5.41, 5.74) is 2.06. The van der Waals surface area contributed by atoms with Gasteiger partial charge in [0.15, 0.2) is 0 Å². The first-order valence-electron chi connectivity index (χ1n) is 9.16. The predicted octanol–water partition coefficient (Wildman–Crippen LogP) is 4.33. The quantitative estimate of drug-likeness (QED) is 0.753. The van der Waals surface area contributed by atoms with Crippen molar-refractivity contribution in [1.82, 2.24) is 0 Å². The highest BCUT2D eigenvalue weighted by atomic mass is 16.5. The molecular weight excluding hydrogens is 328 g/mol. The van der Waals surface area contributed by atoms with Crippen molar-refractivity contribution >= 4 is 11.8 Å². The molecule has 1 saturated carbocycles. The van der Waals surface area contributed by atoms with Gasteiger partial charge in [-0.2, -0.15) is 0 Å². The van der Waals surface area contributed by atoms with E-state index in [1.165, 1.54) is 0 Å². The monoisotopic (exact) mass is 350 g/mol. The number of esters is 1. The van der Waals surface area contributed by atoms with Crippen molar-refractivity contribution in [2.45, 2.75) is 26.2 Å². The lowest BCUT2D eigenvalue weighted by atomic mass is 9.83. The van der Waals surface area contributed by atoms with Gasteiger partial charge in [0.05, 0.1) is 12.5 Å². The molecule has 0 bridgehead atoms. The standard InChI is InChI=1S/C22H22O4/c1-3-25-22(24)21-13(2)20(21)17(23)12-16-14-8-4-6-10-18(14)26-19-11-7-5-9-15(16)19/h4-11,13,16,20-21H,3,12H2,1-2H3. The second-order valence-corrected chi connectivity index (χ2v) is 7.06. The second-order valence-electron chi connectivity index (χ2n) is 7.06. The second kappa shape index (κ2) is 6.60. The maximum atomic E-state index is 13.0. The van der Waals surface area contributed by atoms with Crippen LogP contribution in [0, 0.1) is 17.8 Å². The van der Waals surface area contributed by atoms with Crippen LogP contribution in [0.3, 0.4) is 0 Å². The van der Waals surface area contributed by atoms with Gasteiger partial charge in [-0.3, -0.25) is 9.59 Å². The third-order valence-electron chi connectivity index (χ3n) is 5.52. The number of hydrogen-bond acceptors (Lipinski definition) is 4. The van der Waals surface area contributed by atoms with Gasteiger partial charge in [0, 0.05) is 29.4 Å². The topological polar surface area (TPSA) is 52.6 Å². The third-order valence-corrected chi connectivity index (χ3v) is 5.52. The smallest absolute Gasteiger partial charge is 0.309 e. The largest absolute Gasteiger partial charge is 0.466 e. The van der Waals surface area contributed by atoms with Crippen molar-refractivity contribution in [2.24, 2.45) is 17.8 Å². The van der Waals surface area contributed by atoms with E-state index in [9.17, 15) is 9.59 Å². The van der Waals surface area contributed by atoms with Gasteiger partial charge in [-0.05, 0) is 25.0 Å². The molecule has 4 nitrogen and oxygen atoms in total. The average molecular weight is 350 g/mol. The zero-order valence-electron chi connectivity index (χ0n) is 15.0. The predicted molar refractivity (Wildman–Crippen MR) is 97.2 cm³/mol. The Labute approximate surface area is 153 Å². The van der Waals surface area contributed by atoms with Crippen LogP contribution in [0.2, 0.25) is 0 Å². The van der Waals surface area contributed by atoms with Crippen LogP contribution < -0.4 is 4.74 Å². The van der Waals surface area contributed by atoms with Gasteiger partial charge in [-0.1, -0.05) is 43.3 Å². The van der Waals surface area contributed by atoms with E-state index >= 15 is 0 Å². The van der Waals surface area contributed by atoms with E-state index in [0.29, 0.717) is 13.0 Å². The molecule has 1 aliphatic carbocycles. The molecule has 1 aliphatic heterocycles. The molecule has 0 N–H and O–H groups in total. The molecule has 1 fully saturated rings. The number of carbonyl (C=O) groups excluding carboxylic acids is 2. The summed E-state index contributed by atoms with van der Waals surface area (Å²) < 4.78 is 11.1. The highest BCUT2D eigenvalue weighted by Crippen LogP contribution is 2.51. The lowest BCUT2D eigenvalue weighted by Gasteiger charge is -2.27. The Kier molecular flexibility index (Phi) is 4.27. The number of para-hydroxylation sites is 2. The van der Waals surface area contributed by atoms with E-state index in [1.54, 1.807) is 6.92 Å². The summed E-state index contributed by atoms with van der Waals surface area (Å²) in [5, 5.41) is 0. The minimum Gasteiger partial charge on any atom is -0.466 e. The molecule has 0 spiro atoms. The molecule has 134 valence electrons. The lowest BCUT2D eigenvalue weighted by molar-refractivity contribution is -0.146. The van der Waals surface area contributed by atoms with Crippen molar-refractivity contribution < 1.29 is 19.1 Å². The van der Waals surface area contributed by atoms with Crippen LogP contribution in [0.4, 0.5) is 0 Å². The van der Waals surface area contributed by atoms with Crippen molar-refractivity contribution in [3.63, 3.8) is 0 Å². The van der Waals surface area contributed by atoms with Gasteiger partial charge in [0.2, 0.25) is 0 Å². The first kappa shape index (κ1) is 16.8. The zero-order chi connectivity index (χ0) is 18.3. The van der Waals surface area contributed by atoms with Crippen molar-refractivity contribution in [3.8, 4) is 11.5 Å². The average Bonchev–Trinajstić information content (AvgIpc) is 3.33. The Balaban J connectivity index is 1.59. The zero-order valence-corrected chi connectivity index (χ0v) is 15.0. The highest BCUT2D eigenvalue weighted by molar-refractivity contribution is 5.93. The molecule has 0 radical (unpaired) electrons. The van der Waals surface area contributed by atoms with Crippen molar-refractivity contribution in [2.75, 3.05) is 6.61 Å². The maximum absolute atomic E-state index is 13.0. The van der Waals surface area contributed by atoms with Crippen LogP contribution >= 0.6 is 0 Å². The van der Waals surface area contributed by atoms with Gasteiger partial charge in [-0.15, -0.1) is 0 Å². The fourth-order valence-corrected chi connectivity index (χ4v) is 4.12. The van der Waals surface area contributed by atoms with E-state index in [0.717, 1.165) is 22.6 Å². The minimum atomic E-state index is -0.284. The van der Waals surface area contributed by atoms with Gasteiger partial charge in [0.1, 0.15) is 17.3 Å². The van der Waals surface area contributed by atoms with Crippen LogP contribution in [0.1, 0.15) is 37.3 Å². The molecule has 0 amide bonds. The molecule has 4 heteroatoms. The fourth-order valence-electron chi connectivity index (χ4n) is 4.12. The molecular formula is C22H22O4. The van der Waals surface area contributed by atoms with Crippen LogP contribution in [0.15, 0.2) is 48.5 Å². The molecule has 2 aromatic carbocycles. The van der Waals surface area contributed by atoms with E-state index in [4.69, 9.17) is 9.47 Å². The molecule has 2 aromatic rings. The van der Waals surface area contributed by atoms with E-state index in [2.05, 4.69) is 0 Å². The van der Waals surface area contributed by atoms with Crippen LogP contribution in [0.5, 0.6) is 11.5 Å². The van der Waals surface area contributed by atoms with Gasteiger partial charge in [-0.25, -0.2) is 0 Å². The number of fused-ring (bicyclic) bond motifs is 2. The summed E-state index contributed by atoms with van der Waals surface area (Å²) in [6, 6.07) is 15.7. The minimum absolute atomic E-state index is 0.0423. The Hall–Kier alpha value is -2.62. The molecule has 26 heavy (non-hydrogen) atoms. The Bertz CT molecular complexity index is 811. The van der Waals surface area contributed by atoms with E-state index in [-0.39, 0.29) is 35.4 Å². The van der Waals surface area contributed by atoms with Crippen LogP contribution in [-0.4, -0.2) is 18.4 Å². The molecule has 4 rings (SSSR count). The lowest BCUT2D eigenvalue weighted by Crippen LogP contribution is -2.17. The number of ether oxygens (including phenoxy) is 2. The Morgan fingerprint density at radius 2 is 1.54 bits per heavy atom. The summed E-state index contributed by atoms with van der Waals surface area (Å²) >= 11 is 0. The molecule has 1 heterocycles. The number of carbonyl (C=O) groups is 2. The maximum Gasteiger partial charge on any atom is 0.309 e. The number of Topliss-reactive ketones (excluding diaryl/α,β-unsaturated/α-hetero) is 1. The normalized spacial score (nSPS) is 23.4. The summed E-state index contributed by atoms with van der Waals surface area (Å²) in [6.07, 6.45) is 0.377. The van der Waals surface area contributed by atoms with Crippen LogP contribution in [0.25, 0.3) is 0 Å². The molecule has 3 atom stereocenters.